The Morgan fingerprint density at radius 3 is 2.86 bits per heavy atom. The molecule has 1 aromatic heterocycles. The number of aliphatic hydroxyl groups is 1. The minimum absolute atomic E-state index is 0.452. The second-order valence-electron chi connectivity index (χ2n) is 6.97. The van der Waals surface area contributed by atoms with Crippen LogP contribution in [-0.4, -0.2) is 51.4 Å². The molecule has 0 radical (unpaired) electrons. The molecule has 0 spiro atoms. The van der Waals surface area contributed by atoms with Gasteiger partial charge in [0.2, 0.25) is 5.89 Å². The SMILES string of the molecule is Cc1nc(CN2CCC[C@@H](NCC3(O)CCCCC3)C2)no1. The molecule has 2 heterocycles. The highest BCUT2D eigenvalue weighted by molar-refractivity contribution is 4.89. The summed E-state index contributed by atoms with van der Waals surface area (Å²) in [7, 11) is 0. The van der Waals surface area contributed by atoms with Gasteiger partial charge in [0, 0.05) is 26.1 Å². The molecular formula is C16H28N4O2. The number of likely N-dealkylation sites (tertiary alicyclic amines) is 1. The Kier molecular flexibility index (Phi) is 5.10. The first-order chi connectivity index (χ1) is 10.6. The van der Waals surface area contributed by atoms with Gasteiger partial charge in [-0.15, -0.1) is 0 Å². The van der Waals surface area contributed by atoms with Crippen molar-refractivity contribution in [3.63, 3.8) is 0 Å². The van der Waals surface area contributed by atoms with Crippen LogP contribution >= 0.6 is 0 Å². The number of hydrogen-bond acceptors (Lipinski definition) is 6. The number of hydrogen-bond donors (Lipinski definition) is 2. The van der Waals surface area contributed by atoms with Gasteiger partial charge in [-0.2, -0.15) is 4.98 Å². The first-order valence-corrected chi connectivity index (χ1v) is 8.60. The zero-order valence-electron chi connectivity index (χ0n) is 13.6. The van der Waals surface area contributed by atoms with Gasteiger partial charge in [0.25, 0.3) is 0 Å². The Hall–Kier alpha value is -0.980. The molecule has 1 saturated heterocycles. The van der Waals surface area contributed by atoms with Gasteiger partial charge in [-0.3, -0.25) is 4.90 Å². The molecule has 0 bridgehead atoms. The van der Waals surface area contributed by atoms with E-state index >= 15 is 0 Å². The molecule has 2 aliphatic rings. The molecule has 1 aliphatic heterocycles. The van der Waals surface area contributed by atoms with E-state index in [1.165, 1.54) is 19.3 Å². The summed E-state index contributed by atoms with van der Waals surface area (Å²) in [6.45, 7) is 5.37. The van der Waals surface area contributed by atoms with Crippen LogP contribution < -0.4 is 5.32 Å². The topological polar surface area (TPSA) is 74.4 Å². The summed E-state index contributed by atoms with van der Waals surface area (Å²) < 4.78 is 5.04. The second-order valence-corrected chi connectivity index (χ2v) is 6.97. The molecule has 1 saturated carbocycles. The lowest BCUT2D eigenvalue weighted by atomic mass is 9.84. The number of nitrogens with zero attached hydrogens (tertiary/aromatic N) is 3. The fraction of sp³-hybridized carbons (Fsp3) is 0.875. The summed E-state index contributed by atoms with van der Waals surface area (Å²) >= 11 is 0. The molecule has 6 nitrogen and oxygen atoms in total. The maximum Gasteiger partial charge on any atom is 0.223 e. The van der Waals surface area contributed by atoms with Crippen LogP contribution in [-0.2, 0) is 6.54 Å². The molecule has 2 fully saturated rings. The van der Waals surface area contributed by atoms with Crippen LogP contribution in [0.2, 0.25) is 0 Å². The largest absolute Gasteiger partial charge is 0.389 e. The van der Waals surface area contributed by atoms with Gasteiger partial charge in [-0.05, 0) is 32.2 Å². The third-order valence-electron chi connectivity index (χ3n) is 4.94. The number of aromatic nitrogens is 2. The minimum atomic E-state index is -0.481. The quantitative estimate of drug-likeness (QED) is 0.861. The van der Waals surface area contributed by atoms with Gasteiger partial charge in [-0.25, -0.2) is 0 Å². The van der Waals surface area contributed by atoms with E-state index in [-0.39, 0.29) is 0 Å². The Morgan fingerprint density at radius 1 is 1.32 bits per heavy atom. The summed E-state index contributed by atoms with van der Waals surface area (Å²) in [6.07, 6.45) is 7.82. The smallest absolute Gasteiger partial charge is 0.223 e. The van der Waals surface area contributed by atoms with Gasteiger partial charge in [0.05, 0.1) is 12.1 Å². The number of nitrogens with one attached hydrogen (secondary N) is 1. The van der Waals surface area contributed by atoms with Crippen molar-refractivity contribution in [2.45, 2.75) is 70.1 Å². The van der Waals surface area contributed by atoms with Crippen molar-refractivity contribution in [3.8, 4) is 0 Å². The third kappa shape index (κ3) is 4.27. The van der Waals surface area contributed by atoms with Crippen LogP contribution in [0.5, 0.6) is 0 Å². The molecule has 0 amide bonds. The maximum absolute atomic E-state index is 10.6. The highest BCUT2D eigenvalue weighted by atomic mass is 16.5. The summed E-state index contributed by atoms with van der Waals surface area (Å²) in [5.74, 6) is 1.39. The lowest BCUT2D eigenvalue weighted by molar-refractivity contribution is 0.0000879. The normalized spacial score (nSPS) is 26.2. The average Bonchev–Trinajstić information content (AvgIpc) is 2.92. The first kappa shape index (κ1) is 15.9. The second kappa shape index (κ2) is 7.06. The highest BCUT2D eigenvalue weighted by Gasteiger charge is 2.30. The van der Waals surface area contributed by atoms with E-state index in [2.05, 4.69) is 20.4 Å². The van der Waals surface area contributed by atoms with Crippen molar-refractivity contribution in [1.29, 1.82) is 0 Å². The summed E-state index contributed by atoms with van der Waals surface area (Å²) in [6, 6.07) is 0.452. The lowest BCUT2D eigenvalue weighted by Crippen LogP contribution is -2.51. The molecule has 124 valence electrons. The third-order valence-corrected chi connectivity index (χ3v) is 4.94. The van der Waals surface area contributed by atoms with Crippen molar-refractivity contribution in [3.05, 3.63) is 11.7 Å². The van der Waals surface area contributed by atoms with E-state index < -0.39 is 5.60 Å². The first-order valence-electron chi connectivity index (χ1n) is 8.60. The van der Waals surface area contributed by atoms with E-state index in [1.54, 1.807) is 0 Å². The van der Waals surface area contributed by atoms with E-state index in [1.807, 2.05) is 6.92 Å². The molecular weight excluding hydrogens is 280 g/mol. The van der Waals surface area contributed by atoms with Gasteiger partial charge < -0.3 is 14.9 Å². The van der Waals surface area contributed by atoms with Gasteiger partial charge in [0.1, 0.15) is 0 Å². The monoisotopic (exact) mass is 308 g/mol. The fourth-order valence-electron chi connectivity index (χ4n) is 3.69. The van der Waals surface area contributed by atoms with E-state index in [0.717, 1.165) is 57.7 Å². The highest BCUT2D eigenvalue weighted by Crippen LogP contribution is 2.27. The molecule has 1 aromatic rings. The Balaban J connectivity index is 1.46. The van der Waals surface area contributed by atoms with Gasteiger partial charge >= 0.3 is 0 Å². The predicted octanol–water partition coefficient (Wildman–Crippen LogP) is 1.63. The summed E-state index contributed by atoms with van der Waals surface area (Å²) in [5, 5.41) is 18.2. The molecule has 0 aromatic carbocycles. The maximum atomic E-state index is 10.6. The molecule has 22 heavy (non-hydrogen) atoms. The number of piperidine rings is 1. The van der Waals surface area contributed by atoms with Crippen LogP contribution in [0.3, 0.4) is 0 Å². The minimum Gasteiger partial charge on any atom is -0.389 e. The predicted molar refractivity (Wildman–Crippen MR) is 83.4 cm³/mol. The van der Waals surface area contributed by atoms with Crippen LogP contribution in [0, 0.1) is 6.92 Å². The standard InChI is InChI=1S/C16H28N4O2/c1-13-18-15(19-22-13)11-20-9-5-6-14(10-20)17-12-16(21)7-3-2-4-8-16/h14,17,21H,2-12H2,1H3/t14-/m1/s1. The molecule has 3 rings (SSSR count). The van der Waals surface area contributed by atoms with Crippen molar-refractivity contribution in [2.75, 3.05) is 19.6 Å². The molecule has 6 heteroatoms. The van der Waals surface area contributed by atoms with Crippen molar-refractivity contribution < 1.29 is 9.63 Å². The van der Waals surface area contributed by atoms with E-state index in [9.17, 15) is 5.11 Å². The lowest BCUT2D eigenvalue weighted by Gasteiger charge is -2.37. The summed E-state index contributed by atoms with van der Waals surface area (Å²) in [5.41, 5.74) is -0.481. The molecule has 1 atom stereocenters. The zero-order valence-corrected chi connectivity index (χ0v) is 13.6. The number of aryl methyl sites for hydroxylation is 1. The molecule has 0 unspecified atom stereocenters. The molecule has 1 aliphatic carbocycles. The van der Waals surface area contributed by atoms with Crippen molar-refractivity contribution >= 4 is 0 Å². The Labute approximate surface area is 132 Å². The van der Waals surface area contributed by atoms with Crippen LogP contribution in [0.4, 0.5) is 0 Å². The van der Waals surface area contributed by atoms with Crippen LogP contribution in [0.25, 0.3) is 0 Å². The van der Waals surface area contributed by atoms with Crippen LogP contribution in [0.15, 0.2) is 4.52 Å². The van der Waals surface area contributed by atoms with Gasteiger partial charge in [-0.1, -0.05) is 24.4 Å². The fourth-order valence-corrected chi connectivity index (χ4v) is 3.69. The Morgan fingerprint density at radius 2 is 2.14 bits per heavy atom. The zero-order chi connectivity index (χ0) is 15.4. The van der Waals surface area contributed by atoms with Crippen molar-refractivity contribution in [2.24, 2.45) is 0 Å². The Bertz CT molecular complexity index is 470. The van der Waals surface area contributed by atoms with Gasteiger partial charge in [0.15, 0.2) is 5.82 Å². The average molecular weight is 308 g/mol. The molecule has 2 N–H and O–H groups in total. The summed E-state index contributed by atoms with van der Waals surface area (Å²) in [4.78, 5) is 6.65. The van der Waals surface area contributed by atoms with E-state index in [4.69, 9.17) is 4.52 Å². The van der Waals surface area contributed by atoms with Crippen LogP contribution in [0.1, 0.15) is 56.7 Å². The van der Waals surface area contributed by atoms with Crippen molar-refractivity contribution in [1.82, 2.24) is 20.4 Å². The number of rotatable bonds is 5. The van der Waals surface area contributed by atoms with E-state index in [0.29, 0.717) is 11.9 Å².